The second-order valence-corrected chi connectivity index (χ2v) is 4.04. The van der Waals surface area contributed by atoms with Gasteiger partial charge < -0.3 is 15.4 Å². The number of methoxy groups -OCH3 is 1. The van der Waals surface area contributed by atoms with Crippen LogP contribution in [0.15, 0.2) is 18.2 Å². The first-order valence-corrected chi connectivity index (χ1v) is 5.77. The fourth-order valence-corrected chi connectivity index (χ4v) is 1.49. The molecule has 1 rings (SSSR count). The zero-order chi connectivity index (χ0) is 12.7. The Hall–Kier alpha value is -1.10. The van der Waals surface area contributed by atoms with Gasteiger partial charge in [0.15, 0.2) is 0 Å². The molecule has 0 heterocycles. The summed E-state index contributed by atoms with van der Waals surface area (Å²) in [5.41, 5.74) is 1.62. The molecule has 2 N–H and O–H groups in total. The van der Waals surface area contributed by atoms with Crippen molar-refractivity contribution in [2.24, 2.45) is 0 Å². The lowest BCUT2D eigenvalue weighted by Gasteiger charge is -2.09. The minimum atomic E-state index is -0.0912. The van der Waals surface area contributed by atoms with Gasteiger partial charge in [-0.05, 0) is 24.6 Å². The summed E-state index contributed by atoms with van der Waals surface area (Å²) in [5.74, 6) is -0.0912. The van der Waals surface area contributed by atoms with Crippen LogP contribution in [0.2, 0.25) is 5.02 Å². The molecular weight excluding hydrogens is 240 g/mol. The molecule has 0 atom stereocenters. The lowest BCUT2D eigenvalue weighted by atomic mass is 10.2. The van der Waals surface area contributed by atoms with E-state index >= 15 is 0 Å². The van der Waals surface area contributed by atoms with Crippen molar-refractivity contribution < 1.29 is 9.53 Å². The van der Waals surface area contributed by atoms with Crippen LogP contribution in [-0.4, -0.2) is 32.7 Å². The Balaban J connectivity index is 2.43. The Morgan fingerprint density at radius 3 is 2.94 bits per heavy atom. The monoisotopic (exact) mass is 256 g/mol. The SMILES string of the molecule is COCCNCC(=O)Nc1cccc(Cl)c1C. The normalized spacial score (nSPS) is 10.3. The van der Waals surface area contributed by atoms with Crippen LogP contribution in [0.1, 0.15) is 5.56 Å². The number of halogens is 1. The molecule has 1 aromatic rings. The first kappa shape index (κ1) is 14.0. The standard InChI is InChI=1S/C12H17ClN2O2/c1-9-10(13)4-3-5-11(9)15-12(16)8-14-6-7-17-2/h3-5,14H,6-8H2,1-2H3,(H,15,16). The minimum Gasteiger partial charge on any atom is -0.383 e. The summed E-state index contributed by atoms with van der Waals surface area (Å²) in [6.07, 6.45) is 0. The third-order valence-electron chi connectivity index (χ3n) is 2.31. The molecule has 1 amide bonds. The van der Waals surface area contributed by atoms with Crippen LogP contribution < -0.4 is 10.6 Å². The highest BCUT2D eigenvalue weighted by molar-refractivity contribution is 6.31. The van der Waals surface area contributed by atoms with E-state index in [0.717, 1.165) is 11.3 Å². The number of hydrogen-bond acceptors (Lipinski definition) is 3. The number of anilines is 1. The predicted octanol–water partition coefficient (Wildman–Crippen LogP) is 1.82. The number of rotatable bonds is 6. The van der Waals surface area contributed by atoms with E-state index in [1.54, 1.807) is 13.2 Å². The quantitative estimate of drug-likeness (QED) is 0.764. The van der Waals surface area contributed by atoms with E-state index in [0.29, 0.717) is 18.2 Å². The molecule has 0 aromatic heterocycles. The van der Waals surface area contributed by atoms with Gasteiger partial charge in [-0.1, -0.05) is 17.7 Å². The molecule has 0 saturated heterocycles. The third-order valence-corrected chi connectivity index (χ3v) is 2.72. The van der Waals surface area contributed by atoms with Gasteiger partial charge in [0.1, 0.15) is 0 Å². The zero-order valence-corrected chi connectivity index (χ0v) is 10.8. The van der Waals surface area contributed by atoms with Gasteiger partial charge in [0.05, 0.1) is 13.2 Å². The fourth-order valence-electron chi connectivity index (χ4n) is 1.31. The summed E-state index contributed by atoms with van der Waals surface area (Å²) in [7, 11) is 1.62. The molecule has 0 aliphatic heterocycles. The molecule has 94 valence electrons. The molecule has 0 unspecified atom stereocenters. The van der Waals surface area contributed by atoms with Crippen LogP contribution in [0, 0.1) is 6.92 Å². The number of hydrogen-bond donors (Lipinski definition) is 2. The van der Waals surface area contributed by atoms with Gasteiger partial charge in [-0.25, -0.2) is 0 Å². The van der Waals surface area contributed by atoms with E-state index in [1.807, 2.05) is 19.1 Å². The highest BCUT2D eigenvalue weighted by Crippen LogP contribution is 2.22. The van der Waals surface area contributed by atoms with Crippen molar-refractivity contribution in [1.82, 2.24) is 5.32 Å². The largest absolute Gasteiger partial charge is 0.383 e. The minimum absolute atomic E-state index is 0.0912. The number of amides is 1. The number of ether oxygens (including phenoxy) is 1. The zero-order valence-electron chi connectivity index (χ0n) is 10.0. The van der Waals surface area contributed by atoms with Crippen LogP contribution in [0.5, 0.6) is 0 Å². The second kappa shape index (κ2) is 7.27. The van der Waals surface area contributed by atoms with Crippen molar-refractivity contribution in [1.29, 1.82) is 0 Å². The maximum atomic E-state index is 11.6. The summed E-state index contributed by atoms with van der Waals surface area (Å²) in [6, 6.07) is 5.43. The number of benzene rings is 1. The molecule has 1 aromatic carbocycles. The number of carbonyl (C=O) groups excluding carboxylic acids is 1. The highest BCUT2D eigenvalue weighted by Gasteiger charge is 2.05. The predicted molar refractivity (Wildman–Crippen MR) is 69.6 cm³/mol. The summed E-state index contributed by atoms with van der Waals surface area (Å²) in [5, 5.41) is 6.42. The van der Waals surface area contributed by atoms with Crippen molar-refractivity contribution >= 4 is 23.2 Å². The molecule has 0 bridgehead atoms. The molecule has 0 aliphatic carbocycles. The Morgan fingerprint density at radius 1 is 1.47 bits per heavy atom. The van der Waals surface area contributed by atoms with E-state index in [9.17, 15) is 4.79 Å². The van der Waals surface area contributed by atoms with Crippen molar-refractivity contribution in [3.63, 3.8) is 0 Å². The number of nitrogens with one attached hydrogen (secondary N) is 2. The summed E-state index contributed by atoms with van der Waals surface area (Å²) in [4.78, 5) is 11.6. The summed E-state index contributed by atoms with van der Waals surface area (Å²) >= 11 is 5.96. The Labute approximate surface area is 106 Å². The number of carbonyl (C=O) groups is 1. The first-order chi connectivity index (χ1) is 8.15. The average Bonchev–Trinajstić information content (AvgIpc) is 2.31. The molecule has 0 fully saturated rings. The van der Waals surface area contributed by atoms with Crippen LogP contribution in [0.3, 0.4) is 0 Å². The van der Waals surface area contributed by atoms with Crippen LogP contribution in [0.25, 0.3) is 0 Å². The Morgan fingerprint density at radius 2 is 2.24 bits per heavy atom. The van der Waals surface area contributed by atoms with Crippen LogP contribution in [-0.2, 0) is 9.53 Å². The van der Waals surface area contributed by atoms with E-state index in [1.165, 1.54) is 0 Å². The third kappa shape index (κ3) is 4.73. The van der Waals surface area contributed by atoms with E-state index < -0.39 is 0 Å². The van der Waals surface area contributed by atoms with Gasteiger partial charge in [0, 0.05) is 24.4 Å². The molecule has 0 aliphatic rings. The van der Waals surface area contributed by atoms with E-state index in [4.69, 9.17) is 16.3 Å². The fraction of sp³-hybridized carbons (Fsp3) is 0.417. The average molecular weight is 257 g/mol. The van der Waals surface area contributed by atoms with E-state index in [2.05, 4.69) is 10.6 Å². The first-order valence-electron chi connectivity index (χ1n) is 5.39. The maximum absolute atomic E-state index is 11.6. The molecule has 0 radical (unpaired) electrons. The van der Waals surface area contributed by atoms with Gasteiger partial charge in [0.2, 0.25) is 5.91 Å². The van der Waals surface area contributed by atoms with E-state index in [-0.39, 0.29) is 12.5 Å². The topological polar surface area (TPSA) is 50.4 Å². The molecular formula is C12H17ClN2O2. The van der Waals surface area contributed by atoms with Gasteiger partial charge in [-0.2, -0.15) is 0 Å². The van der Waals surface area contributed by atoms with Gasteiger partial charge in [-0.15, -0.1) is 0 Å². The van der Waals surface area contributed by atoms with Gasteiger partial charge >= 0.3 is 0 Å². The molecule has 0 saturated carbocycles. The van der Waals surface area contributed by atoms with Crippen molar-refractivity contribution in [2.75, 3.05) is 32.1 Å². The highest BCUT2D eigenvalue weighted by atomic mass is 35.5. The van der Waals surface area contributed by atoms with Crippen molar-refractivity contribution in [3.8, 4) is 0 Å². The molecule has 5 heteroatoms. The second-order valence-electron chi connectivity index (χ2n) is 3.63. The molecule has 0 spiro atoms. The van der Waals surface area contributed by atoms with Crippen molar-refractivity contribution in [2.45, 2.75) is 6.92 Å². The summed E-state index contributed by atoms with van der Waals surface area (Å²) < 4.78 is 4.87. The van der Waals surface area contributed by atoms with Crippen molar-refractivity contribution in [3.05, 3.63) is 28.8 Å². The Kier molecular flexibility index (Phi) is 5.97. The lowest BCUT2D eigenvalue weighted by molar-refractivity contribution is -0.115. The van der Waals surface area contributed by atoms with Gasteiger partial charge in [-0.3, -0.25) is 4.79 Å². The molecule has 17 heavy (non-hydrogen) atoms. The van der Waals surface area contributed by atoms with Crippen LogP contribution in [0.4, 0.5) is 5.69 Å². The Bertz CT molecular complexity index is 383. The summed E-state index contributed by atoms with van der Waals surface area (Å²) in [6.45, 7) is 3.37. The molecule has 4 nitrogen and oxygen atoms in total. The maximum Gasteiger partial charge on any atom is 0.238 e. The smallest absolute Gasteiger partial charge is 0.238 e. The lowest BCUT2D eigenvalue weighted by Crippen LogP contribution is -2.30. The van der Waals surface area contributed by atoms with Crippen LogP contribution >= 0.6 is 11.6 Å². The van der Waals surface area contributed by atoms with Gasteiger partial charge in [0.25, 0.3) is 0 Å².